The summed E-state index contributed by atoms with van der Waals surface area (Å²) in [6.45, 7) is 2.62. The molecule has 1 N–H and O–H groups in total. The number of nitrogens with one attached hydrogen (secondary N) is 1. The summed E-state index contributed by atoms with van der Waals surface area (Å²) in [5.41, 5.74) is 2.29. The Morgan fingerprint density at radius 1 is 1.29 bits per heavy atom. The average molecular weight is 229 g/mol. The molecule has 1 unspecified atom stereocenters. The van der Waals surface area contributed by atoms with Crippen LogP contribution in [-0.2, 0) is 4.74 Å². The molecule has 0 aliphatic carbocycles. The first-order valence-corrected chi connectivity index (χ1v) is 5.86. The molecule has 0 amide bonds. The molecule has 0 spiro atoms. The monoisotopic (exact) mass is 229 g/mol. The van der Waals surface area contributed by atoms with E-state index >= 15 is 0 Å². The van der Waals surface area contributed by atoms with Crippen LogP contribution in [0.5, 0.6) is 0 Å². The summed E-state index contributed by atoms with van der Waals surface area (Å²) in [7, 11) is 0. The maximum Gasteiger partial charge on any atom is 0.0949 e. The SMILES string of the molecule is c1cnn(-c2ccc(C3CNCCO3)cc2)c1. The normalized spacial score (nSPS) is 20.4. The van der Waals surface area contributed by atoms with Crippen molar-refractivity contribution < 1.29 is 4.74 Å². The molecule has 88 valence electrons. The number of ether oxygens (including phenoxy) is 1. The van der Waals surface area contributed by atoms with E-state index in [0.717, 1.165) is 25.4 Å². The highest BCUT2D eigenvalue weighted by atomic mass is 16.5. The Morgan fingerprint density at radius 3 is 2.82 bits per heavy atom. The van der Waals surface area contributed by atoms with Crippen molar-refractivity contribution in [1.29, 1.82) is 0 Å². The number of morpholine rings is 1. The molecular weight excluding hydrogens is 214 g/mol. The van der Waals surface area contributed by atoms with Crippen molar-refractivity contribution in [1.82, 2.24) is 15.1 Å². The predicted octanol–water partition coefficient (Wildman–Crippen LogP) is 1.53. The standard InChI is InChI=1S/C13H15N3O/c1-6-15-16(8-1)12-4-2-11(3-5-12)13-10-14-7-9-17-13/h1-6,8,13-14H,7,9-10H2. The van der Waals surface area contributed by atoms with Crippen molar-refractivity contribution in [2.45, 2.75) is 6.10 Å². The highest BCUT2D eigenvalue weighted by Gasteiger charge is 2.15. The average Bonchev–Trinajstić information content (AvgIpc) is 2.94. The molecule has 4 heteroatoms. The molecule has 1 aromatic heterocycles. The van der Waals surface area contributed by atoms with Crippen LogP contribution in [-0.4, -0.2) is 29.5 Å². The first kappa shape index (κ1) is 10.5. The maximum absolute atomic E-state index is 5.71. The molecule has 0 radical (unpaired) electrons. The van der Waals surface area contributed by atoms with E-state index in [1.165, 1.54) is 5.56 Å². The lowest BCUT2D eigenvalue weighted by Crippen LogP contribution is -2.33. The van der Waals surface area contributed by atoms with E-state index in [4.69, 9.17) is 4.74 Å². The van der Waals surface area contributed by atoms with Crippen LogP contribution in [0, 0.1) is 0 Å². The highest BCUT2D eigenvalue weighted by Crippen LogP contribution is 2.19. The lowest BCUT2D eigenvalue weighted by Gasteiger charge is -2.24. The van der Waals surface area contributed by atoms with E-state index in [0.29, 0.717) is 0 Å². The molecule has 17 heavy (non-hydrogen) atoms. The van der Waals surface area contributed by atoms with Crippen LogP contribution < -0.4 is 5.32 Å². The maximum atomic E-state index is 5.71. The molecule has 4 nitrogen and oxygen atoms in total. The third-order valence-electron chi connectivity index (χ3n) is 2.96. The second-order valence-corrected chi connectivity index (χ2v) is 4.11. The Hall–Kier alpha value is -1.65. The minimum atomic E-state index is 0.176. The smallest absolute Gasteiger partial charge is 0.0949 e. The molecule has 1 aromatic carbocycles. The number of aromatic nitrogens is 2. The van der Waals surface area contributed by atoms with Crippen molar-refractivity contribution in [2.75, 3.05) is 19.7 Å². The zero-order chi connectivity index (χ0) is 11.5. The summed E-state index contributed by atoms with van der Waals surface area (Å²) in [5, 5.41) is 7.53. The van der Waals surface area contributed by atoms with Gasteiger partial charge in [0, 0.05) is 25.5 Å². The molecule has 1 aliphatic rings. The van der Waals surface area contributed by atoms with E-state index in [9.17, 15) is 0 Å². The fourth-order valence-corrected chi connectivity index (χ4v) is 2.04. The Balaban J connectivity index is 1.80. The predicted molar refractivity (Wildman–Crippen MR) is 65.1 cm³/mol. The van der Waals surface area contributed by atoms with Crippen molar-refractivity contribution in [3.8, 4) is 5.69 Å². The summed E-state index contributed by atoms with van der Waals surface area (Å²) < 4.78 is 7.56. The van der Waals surface area contributed by atoms with Crippen LogP contribution in [0.3, 0.4) is 0 Å². The van der Waals surface area contributed by atoms with Gasteiger partial charge in [0.25, 0.3) is 0 Å². The van der Waals surface area contributed by atoms with Crippen molar-refractivity contribution >= 4 is 0 Å². The summed E-state index contributed by atoms with van der Waals surface area (Å²) in [6.07, 6.45) is 3.89. The zero-order valence-corrected chi connectivity index (χ0v) is 9.54. The molecule has 2 aromatic rings. The van der Waals surface area contributed by atoms with Gasteiger partial charge in [-0.3, -0.25) is 0 Å². The topological polar surface area (TPSA) is 39.1 Å². The second-order valence-electron chi connectivity index (χ2n) is 4.11. The number of benzene rings is 1. The Kier molecular flexibility index (Phi) is 2.90. The summed E-state index contributed by atoms with van der Waals surface area (Å²) in [5.74, 6) is 0. The van der Waals surface area contributed by atoms with Crippen LogP contribution in [0.25, 0.3) is 5.69 Å². The van der Waals surface area contributed by atoms with Gasteiger partial charge in [-0.25, -0.2) is 4.68 Å². The Morgan fingerprint density at radius 2 is 2.18 bits per heavy atom. The quantitative estimate of drug-likeness (QED) is 0.849. The molecular formula is C13H15N3O. The lowest BCUT2D eigenvalue weighted by molar-refractivity contribution is 0.0277. The fraction of sp³-hybridized carbons (Fsp3) is 0.308. The largest absolute Gasteiger partial charge is 0.371 e. The molecule has 0 saturated carbocycles. The molecule has 2 heterocycles. The van der Waals surface area contributed by atoms with Gasteiger partial charge in [0.15, 0.2) is 0 Å². The minimum Gasteiger partial charge on any atom is -0.371 e. The third-order valence-corrected chi connectivity index (χ3v) is 2.96. The molecule has 1 fully saturated rings. The van der Waals surface area contributed by atoms with Crippen molar-refractivity contribution in [2.24, 2.45) is 0 Å². The Bertz CT molecular complexity index is 458. The van der Waals surface area contributed by atoms with Crippen LogP contribution in [0.4, 0.5) is 0 Å². The van der Waals surface area contributed by atoms with E-state index in [-0.39, 0.29) is 6.10 Å². The van der Waals surface area contributed by atoms with Crippen LogP contribution >= 0.6 is 0 Å². The zero-order valence-electron chi connectivity index (χ0n) is 9.54. The van der Waals surface area contributed by atoms with Gasteiger partial charge in [-0.15, -0.1) is 0 Å². The molecule has 1 atom stereocenters. The van der Waals surface area contributed by atoms with E-state index in [2.05, 4.69) is 34.7 Å². The van der Waals surface area contributed by atoms with Gasteiger partial charge >= 0.3 is 0 Å². The fourth-order valence-electron chi connectivity index (χ4n) is 2.04. The molecule has 3 rings (SSSR count). The van der Waals surface area contributed by atoms with E-state index in [1.54, 1.807) is 6.20 Å². The first-order valence-electron chi connectivity index (χ1n) is 5.86. The van der Waals surface area contributed by atoms with Gasteiger partial charge in [-0.2, -0.15) is 5.10 Å². The van der Waals surface area contributed by atoms with Gasteiger partial charge in [0.2, 0.25) is 0 Å². The molecule has 0 bridgehead atoms. The lowest BCUT2D eigenvalue weighted by atomic mass is 10.1. The van der Waals surface area contributed by atoms with Gasteiger partial charge in [0.05, 0.1) is 18.4 Å². The van der Waals surface area contributed by atoms with Gasteiger partial charge in [0.1, 0.15) is 0 Å². The van der Waals surface area contributed by atoms with Gasteiger partial charge in [-0.1, -0.05) is 12.1 Å². The number of nitrogens with zero attached hydrogens (tertiary/aromatic N) is 2. The molecule has 1 saturated heterocycles. The highest BCUT2D eigenvalue weighted by molar-refractivity contribution is 5.34. The Labute approximate surface area is 100 Å². The van der Waals surface area contributed by atoms with Crippen LogP contribution in [0.15, 0.2) is 42.7 Å². The van der Waals surface area contributed by atoms with E-state index in [1.807, 2.05) is 16.9 Å². The van der Waals surface area contributed by atoms with Crippen molar-refractivity contribution in [3.05, 3.63) is 48.3 Å². The number of rotatable bonds is 2. The summed E-state index contributed by atoms with van der Waals surface area (Å²) in [6, 6.07) is 10.3. The van der Waals surface area contributed by atoms with Gasteiger partial charge in [-0.05, 0) is 23.8 Å². The van der Waals surface area contributed by atoms with Gasteiger partial charge < -0.3 is 10.1 Å². The van der Waals surface area contributed by atoms with E-state index < -0.39 is 0 Å². The third kappa shape index (κ3) is 2.23. The summed E-state index contributed by atoms with van der Waals surface area (Å²) >= 11 is 0. The van der Waals surface area contributed by atoms with Crippen molar-refractivity contribution in [3.63, 3.8) is 0 Å². The first-order chi connectivity index (χ1) is 8.43. The number of hydrogen-bond acceptors (Lipinski definition) is 3. The molecule has 1 aliphatic heterocycles. The summed E-state index contributed by atoms with van der Waals surface area (Å²) in [4.78, 5) is 0. The second kappa shape index (κ2) is 4.69. The van der Waals surface area contributed by atoms with Crippen LogP contribution in [0.2, 0.25) is 0 Å². The van der Waals surface area contributed by atoms with Crippen LogP contribution in [0.1, 0.15) is 11.7 Å². The number of hydrogen-bond donors (Lipinski definition) is 1. The minimum absolute atomic E-state index is 0.176.